The summed E-state index contributed by atoms with van der Waals surface area (Å²) in [5.41, 5.74) is 6.07. The molecule has 0 atom stereocenters. The van der Waals surface area contributed by atoms with Gasteiger partial charge in [-0.1, -0.05) is 17.8 Å². The second-order valence-corrected chi connectivity index (χ2v) is 10.2. The van der Waals surface area contributed by atoms with Crippen molar-refractivity contribution in [3.05, 3.63) is 58.1 Å². The zero-order valence-corrected chi connectivity index (χ0v) is 19.8. The van der Waals surface area contributed by atoms with Gasteiger partial charge in [-0.25, -0.2) is 8.42 Å². The summed E-state index contributed by atoms with van der Waals surface area (Å²) in [5, 5.41) is 8.35. The van der Waals surface area contributed by atoms with Crippen LogP contribution in [0.15, 0.2) is 40.0 Å². The van der Waals surface area contributed by atoms with Crippen LogP contribution in [0.2, 0.25) is 0 Å². The van der Waals surface area contributed by atoms with Crippen molar-refractivity contribution in [2.24, 2.45) is 0 Å². The van der Waals surface area contributed by atoms with Gasteiger partial charge in [-0.15, -0.1) is 10.2 Å². The predicted molar refractivity (Wildman–Crippen MR) is 123 cm³/mol. The van der Waals surface area contributed by atoms with E-state index in [2.05, 4.69) is 21.0 Å². The van der Waals surface area contributed by atoms with Crippen LogP contribution >= 0.6 is 11.8 Å². The van der Waals surface area contributed by atoms with Crippen LogP contribution < -0.4 is 4.72 Å². The van der Waals surface area contributed by atoms with Gasteiger partial charge in [-0.2, -0.15) is 0 Å². The molecule has 31 heavy (non-hydrogen) atoms. The standard InChI is InChI=1S/C22H25N3O4S2/c1-6-31(27,28)25-18-9-7-17(8-10-18)21-23-24-22(29-21)30-12-19(26)20-15(4)13(2)11-14(3)16(20)5/h7-11,25H,6,12H2,1-5H3. The summed E-state index contributed by atoms with van der Waals surface area (Å²) in [7, 11) is -3.33. The monoisotopic (exact) mass is 459 g/mol. The molecule has 0 aliphatic heterocycles. The van der Waals surface area contributed by atoms with E-state index in [4.69, 9.17) is 4.42 Å². The Morgan fingerprint density at radius 3 is 2.23 bits per heavy atom. The van der Waals surface area contributed by atoms with Gasteiger partial charge in [-0.3, -0.25) is 9.52 Å². The van der Waals surface area contributed by atoms with E-state index in [9.17, 15) is 13.2 Å². The van der Waals surface area contributed by atoms with Crippen LogP contribution in [0.4, 0.5) is 5.69 Å². The van der Waals surface area contributed by atoms with Gasteiger partial charge in [0.1, 0.15) is 0 Å². The van der Waals surface area contributed by atoms with Gasteiger partial charge in [0.05, 0.1) is 11.5 Å². The van der Waals surface area contributed by atoms with Gasteiger partial charge in [-0.05, 0) is 81.1 Å². The van der Waals surface area contributed by atoms with Crippen molar-refractivity contribution in [1.82, 2.24) is 10.2 Å². The number of hydrogen-bond acceptors (Lipinski definition) is 7. The summed E-state index contributed by atoms with van der Waals surface area (Å²) in [4.78, 5) is 12.9. The number of thioether (sulfide) groups is 1. The van der Waals surface area contributed by atoms with Crippen molar-refractivity contribution in [3.8, 4) is 11.5 Å². The molecule has 0 bridgehead atoms. The maximum Gasteiger partial charge on any atom is 0.277 e. The summed E-state index contributed by atoms with van der Waals surface area (Å²) < 4.78 is 31.5. The Morgan fingerprint density at radius 2 is 1.65 bits per heavy atom. The number of carbonyl (C=O) groups excluding carboxylic acids is 1. The van der Waals surface area contributed by atoms with Gasteiger partial charge >= 0.3 is 0 Å². The van der Waals surface area contributed by atoms with E-state index in [-0.39, 0.29) is 17.3 Å². The highest BCUT2D eigenvalue weighted by atomic mass is 32.2. The molecular formula is C22H25N3O4S2. The molecule has 9 heteroatoms. The molecule has 7 nitrogen and oxygen atoms in total. The van der Waals surface area contributed by atoms with Gasteiger partial charge in [0.15, 0.2) is 5.78 Å². The molecule has 0 radical (unpaired) electrons. The minimum atomic E-state index is -3.33. The Hall–Kier alpha value is -2.65. The zero-order valence-electron chi connectivity index (χ0n) is 18.1. The molecule has 0 unspecified atom stereocenters. The molecule has 0 amide bonds. The summed E-state index contributed by atoms with van der Waals surface area (Å²) in [6, 6.07) is 8.76. The first-order valence-corrected chi connectivity index (χ1v) is 12.4. The van der Waals surface area contributed by atoms with Gasteiger partial charge in [0.2, 0.25) is 15.9 Å². The van der Waals surface area contributed by atoms with E-state index in [1.54, 1.807) is 31.2 Å². The normalized spacial score (nSPS) is 11.5. The first-order chi connectivity index (χ1) is 14.6. The molecule has 0 spiro atoms. The van der Waals surface area contributed by atoms with Crippen LogP contribution in [0, 0.1) is 27.7 Å². The molecule has 1 heterocycles. The number of anilines is 1. The number of Topliss-reactive ketones (excluding diaryl/α,β-unsaturated/α-hetero) is 1. The Kier molecular flexibility index (Phi) is 6.86. The van der Waals surface area contributed by atoms with Crippen LogP contribution in [0.3, 0.4) is 0 Å². The fourth-order valence-corrected chi connectivity index (χ4v) is 4.43. The number of rotatable bonds is 8. The summed E-state index contributed by atoms with van der Waals surface area (Å²) >= 11 is 1.20. The molecule has 1 aromatic heterocycles. The predicted octanol–water partition coefficient (Wildman–Crippen LogP) is 4.71. The SMILES string of the molecule is CCS(=O)(=O)Nc1ccc(-c2nnc(SCC(=O)c3c(C)c(C)cc(C)c3C)o2)cc1. The van der Waals surface area contributed by atoms with E-state index in [0.29, 0.717) is 22.4 Å². The van der Waals surface area contributed by atoms with Gasteiger partial charge < -0.3 is 4.42 Å². The highest BCUT2D eigenvalue weighted by Gasteiger charge is 2.18. The Bertz CT molecular complexity index is 1190. The average molecular weight is 460 g/mol. The molecular weight excluding hydrogens is 434 g/mol. The van der Waals surface area contributed by atoms with Crippen LogP contribution in [-0.4, -0.2) is 35.9 Å². The lowest BCUT2D eigenvalue weighted by Crippen LogP contribution is -2.14. The third kappa shape index (κ3) is 5.34. The Balaban J connectivity index is 1.69. The Labute approximate surface area is 186 Å². The molecule has 0 aliphatic rings. The number of ketones is 1. The third-order valence-electron chi connectivity index (χ3n) is 5.16. The molecule has 2 aromatic carbocycles. The number of sulfonamides is 1. The van der Waals surface area contributed by atoms with Gasteiger partial charge in [0, 0.05) is 16.8 Å². The van der Waals surface area contributed by atoms with E-state index in [0.717, 1.165) is 27.8 Å². The summed E-state index contributed by atoms with van der Waals surface area (Å²) in [6.07, 6.45) is 0. The first kappa shape index (κ1) is 23.0. The lowest BCUT2D eigenvalue weighted by molar-refractivity contribution is 0.102. The number of nitrogens with one attached hydrogen (secondary N) is 1. The maximum atomic E-state index is 12.9. The van der Waals surface area contributed by atoms with Crippen molar-refractivity contribution >= 4 is 33.3 Å². The number of aromatic nitrogens is 2. The van der Waals surface area contributed by atoms with E-state index < -0.39 is 10.0 Å². The van der Waals surface area contributed by atoms with Crippen molar-refractivity contribution in [3.63, 3.8) is 0 Å². The largest absolute Gasteiger partial charge is 0.411 e. The number of nitrogens with zero attached hydrogens (tertiary/aromatic N) is 2. The fourth-order valence-electron chi connectivity index (χ4n) is 3.15. The second kappa shape index (κ2) is 9.23. The zero-order chi connectivity index (χ0) is 22.8. The number of hydrogen-bond donors (Lipinski definition) is 1. The van der Waals surface area contributed by atoms with E-state index >= 15 is 0 Å². The highest BCUT2D eigenvalue weighted by molar-refractivity contribution is 7.99. The molecule has 0 saturated heterocycles. The quantitative estimate of drug-likeness (QED) is 0.384. The fraction of sp³-hybridized carbons (Fsp3) is 0.318. The molecule has 0 fully saturated rings. The van der Waals surface area contributed by atoms with E-state index in [1.165, 1.54) is 11.8 Å². The van der Waals surface area contributed by atoms with Crippen LogP contribution in [0.25, 0.3) is 11.5 Å². The topological polar surface area (TPSA) is 102 Å². The van der Waals surface area contributed by atoms with Crippen LogP contribution in [-0.2, 0) is 10.0 Å². The number of benzene rings is 2. The van der Waals surface area contributed by atoms with Crippen molar-refractivity contribution in [2.75, 3.05) is 16.2 Å². The van der Waals surface area contributed by atoms with Crippen LogP contribution in [0.1, 0.15) is 39.5 Å². The smallest absolute Gasteiger partial charge is 0.277 e. The molecule has 0 saturated carbocycles. The molecule has 0 aliphatic carbocycles. The Morgan fingerprint density at radius 1 is 1.03 bits per heavy atom. The second-order valence-electron chi connectivity index (χ2n) is 7.30. The molecule has 3 rings (SSSR count). The lowest BCUT2D eigenvalue weighted by Gasteiger charge is -2.13. The molecule has 164 valence electrons. The summed E-state index contributed by atoms with van der Waals surface area (Å²) in [6.45, 7) is 9.52. The highest BCUT2D eigenvalue weighted by Crippen LogP contribution is 2.27. The first-order valence-electron chi connectivity index (χ1n) is 9.79. The van der Waals surface area contributed by atoms with Crippen molar-refractivity contribution in [1.29, 1.82) is 0 Å². The third-order valence-corrected chi connectivity index (χ3v) is 7.29. The lowest BCUT2D eigenvalue weighted by atomic mass is 9.92. The summed E-state index contributed by atoms with van der Waals surface area (Å²) in [5.74, 6) is 0.528. The van der Waals surface area contributed by atoms with Crippen LogP contribution in [0.5, 0.6) is 0 Å². The maximum absolute atomic E-state index is 12.9. The number of aryl methyl sites for hydroxylation is 2. The molecule has 3 aromatic rings. The molecule has 1 N–H and O–H groups in total. The minimum Gasteiger partial charge on any atom is -0.411 e. The number of carbonyl (C=O) groups is 1. The van der Waals surface area contributed by atoms with Gasteiger partial charge in [0.25, 0.3) is 5.22 Å². The average Bonchev–Trinajstić information content (AvgIpc) is 3.20. The minimum absolute atomic E-state index is 0.00111. The van der Waals surface area contributed by atoms with Crippen molar-refractivity contribution < 1.29 is 17.6 Å². The van der Waals surface area contributed by atoms with Crippen molar-refractivity contribution in [2.45, 2.75) is 39.8 Å². The van der Waals surface area contributed by atoms with E-state index in [1.807, 2.05) is 27.7 Å².